The molecule has 1 saturated heterocycles. The van der Waals surface area contributed by atoms with Crippen molar-refractivity contribution in [3.8, 4) is 0 Å². The number of rotatable bonds is 3. The van der Waals surface area contributed by atoms with Crippen LogP contribution in [0.3, 0.4) is 0 Å². The number of ether oxygens (including phenoxy) is 1. The molecule has 2 heterocycles. The Morgan fingerprint density at radius 1 is 1.19 bits per heavy atom. The number of carbonyl (C=O) groups is 1. The molecule has 152 valence electrons. The van der Waals surface area contributed by atoms with Crippen molar-refractivity contribution in [2.24, 2.45) is 5.41 Å². The molecular weight excluding hydrogens is 367 g/mol. The van der Waals surface area contributed by atoms with Gasteiger partial charge in [0.1, 0.15) is 5.60 Å². The smallest absolute Gasteiger partial charge is 0.427 e. The third-order valence-corrected chi connectivity index (χ3v) is 7.09. The van der Waals surface area contributed by atoms with Crippen LogP contribution in [-0.4, -0.2) is 48.9 Å². The van der Waals surface area contributed by atoms with E-state index >= 15 is 0 Å². The number of hydrogen-bond donors (Lipinski definition) is 0. The summed E-state index contributed by atoms with van der Waals surface area (Å²) >= 11 is 1.26. The summed E-state index contributed by atoms with van der Waals surface area (Å²) in [7, 11) is 4.17. The average Bonchev–Trinajstić information content (AvgIpc) is 3.14. The fraction of sp³-hybridized carbons (Fsp3) is 0.750. The van der Waals surface area contributed by atoms with Crippen molar-refractivity contribution in [2.75, 3.05) is 27.2 Å². The third kappa shape index (κ3) is 4.46. The topological polar surface area (TPSA) is 42.0 Å². The van der Waals surface area contributed by atoms with Crippen molar-refractivity contribution in [3.05, 3.63) is 22.1 Å². The van der Waals surface area contributed by atoms with Crippen molar-refractivity contribution in [3.63, 3.8) is 0 Å². The molecule has 0 N–H and O–H groups in total. The second-order valence-corrected chi connectivity index (χ2v) is 10.2. The van der Waals surface area contributed by atoms with Crippen molar-refractivity contribution < 1.29 is 18.8 Å². The summed E-state index contributed by atoms with van der Waals surface area (Å²) in [6.07, 6.45) is 4.43. The maximum absolute atomic E-state index is 13.6. The molecule has 5 nitrogen and oxygen atoms in total. The monoisotopic (exact) mass is 398 g/mol. The molecule has 1 aromatic heterocycles. The van der Waals surface area contributed by atoms with Crippen LogP contribution in [0.4, 0.5) is 9.18 Å². The number of hydrogen-bond acceptors (Lipinski definition) is 6. The van der Waals surface area contributed by atoms with Crippen molar-refractivity contribution in [1.82, 2.24) is 9.96 Å². The van der Waals surface area contributed by atoms with Crippen LogP contribution in [-0.2, 0) is 15.1 Å². The molecule has 1 aliphatic carbocycles. The summed E-state index contributed by atoms with van der Waals surface area (Å²) in [5.41, 5.74) is -0.488. The van der Waals surface area contributed by atoms with Gasteiger partial charge in [-0.15, -0.1) is 16.4 Å². The van der Waals surface area contributed by atoms with Crippen LogP contribution in [0.2, 0.25) is 0 Å². The van der Waals surface area contributed by atoms with E-state index in [2.05, 4.69) is 19.0 Å². The summed E-state index contributed by atoms with van der Waals surface area (Å²) in [6, 6.07) is 3.51. The minimum Gasteiger partial charge on any atom is -0.427 e. The summed E-state index contributed by atoms with van der Waals surface area (Å²) in [6.45, 7) is 6.97. The maximum Gasteiger partial charge on any atom is 0.528 e. The van der Waals surface area contributed by atoms with E-state index < -0.39 is 11.8 Å². The predicted octanol–water partition coefficient (Wildman–Crippen LogP) is 4.78. The molecule has 1 saturated carbocycles. The average molecular weight is 399 g/mol. The molecule has 0 radical (unpaired) electrons. The van der Waals surface area contributed by atoms with Crippen LogP contribution >= 0.6 is 11.3 Å². The van der Waals surface area contributed by atoms with Gasteiger partial charge in [0, 0.05) is 18.0 Å². The van der Waals surface area contributed by atoms with Crippen molar-refractivity contribution >= 4 is 17.5 Å². The van der Waals surface area contributed by atoms with Crippen LogP contribution < -0.4 is 0 Å². The molecule has 1 aliphatic heterocycles. The summed E-state index contributed by atoms with van der Waals surface area (Å²) in [5, 5.41) is 1.63. The Morgan fingerprint density at radius 3 is 2.37 bits per heavy atom. The van der Waals surface area contributed by atoms with Gasteiger partial charge >= 0.3 is 6.16 Å². The Hall–Kier alpha value is -1.18. The van der Waals surface area contributed by atoms with Crippen LogP contribution in [0, 0.1) is 10.5 Å². The molecule has 2 fully saturated rings. The van der Waals surface area contributed by atoms with E-state index in [-0.39, 0.29) is 16.1 Å². The maximum atomic E-state index is 13.6. The van der Waals surface area contributed by atoms with Gasteiger partial charge < -0.3 is 9.57 Å². The van der Waals surface area contributed by atoms with E-state index in [9.17, 15) is 9.18 Å². The molecule has 0 amide bonds. The zero-order chi connectivity index (χ0) is 19.9. The molecule has 1 spiro atoms. The van der Waals surface area contributed by atoms with E-state index in [1.807, 2.05) is 26.8 Å². The first-order valence-corrected chi connectivity index (χ1v) is 10.4. The molecule has 2 aliphatic rings. The summed E-state index contributed by atoms with van der Waals surface area (Å²) in [4.78, 5) is 20.7. The molecule has 3 rings (SSSR count). The lowest BCUT2D eigenvalue weighted by Gasteiger charge is -2.48. The molecule has 0 atom stereocenters. The van der Waals surface area contributed by atoms with Gasteiger partial charge in [0.2, 0.25) is 0 Å². The number of thiophene rings is 1. The molecule has 0 unspecified atom stereocenters. The van der Waals surface area contributed by atoms with Gasteiger partial charge in [-0.1, -0.05) is 0 Å². The van der Waals surface area contributed by atoms with E-state index in [0.717, 1.165) is 50.1 Å². The van der Waals surface area contributed by atoms with Crippen LogP contribution in [0.15, 0.2) is 12.1 Å². The highest BCUT2D eigenvalue weighted by Gasteiger charge is 2.49. The highest BCUT2D eigenvalue weighted by Crippen LogP contribution is 2.52. The Balaban J connectivity index is 1.62. The lowest BCUT2D eigenvalue weighted by atomic mass is 9.66. The zero-order valence-electron chi connectivity index (χ0n) is 17.0. The lowest BCUT2D eigenvalue weighted by Crippen LogP contribution is -2.47. The van der Waals surface area contributed by atoms with Gasteiger partial charge in [-0.05, 0) is 84.5 Å². The number of nitrogens with zero attached hydrogens (tertiary/aromatic N) is 2. The first kappa shape index (κ1) is 20.6. The second-order valence-electron chi connectivity index (χ2n) is 9.20. The lowest BCUT2D eigenvalue weighted by molar-refractivity contribution is -0.136. The molecule has 0 bridgehead atoms. The first-order valence-electron chi connectivity index (χ1n) is 9.63. The highest BCUT2D eigenvalue weighted by molar-refractivity contribution is 7.10. The van der Waals surface area contributed by atoms with E-state index in [1.165, 1.54) is 11.3 Å². The molecule has 1 aromatic rings. The van der Waals surface area contributed by atoms with Gasteiger partial charge in [-0.2, -0.15) is 4.39 Å². The number of hydroxylamine groups is 2. The van der Waals surface area contributed by atoms with Gasteiger partial charge in [0.05, 0.1) is 5.54 Å². The molecule has 27 heavy (non-hydrogen) atoms. The molecular formula is C20H31FN2O3S. The van der Waals surface area contributed by atoms with E-state index in [0.29, 0.717) is 0 Å². The number of carbonyl (C=O) groups excluding carboxylic acids is 1. The quantitative estimate of drug-likeness (QED) is 0.686. The Morgan fingerprint density at radius 2 is 1.85 bits per heavy atom. The minimum atomic E-state index is -0.632. The van der Waals surface area contributed by atoms with Gasteiger partial charge in [0.15, 0.2) is 5.13 Å². The van der Waals surface area contributed by atoms with Gasteiger partial charge in [0.25, 0.3) is 0 Å². The van der Waals surface area contributed by atoms with Crippen molar-refractivity contribution in [1.29, 1.82) is 0 Å². The van der Waals surface area contributed by atoms with E-state index in [4.69, 9.17) is 9.57 Å². The van der Waals surface area contributed by atoms with Gasteiger partial charge in [-0.25, -0.2) is 4.79 Å². The summed E-state index contributed by atoms with van der Waals surface area (Å²) < 4.78 is 18.9. The second kappa shape index (κ2) is 7.33. The van der Waals surface area contributed by atoms with Crippen LogP contribution in [0.25, 0.3) is 0 Å². The Labute approximate surface area is 165 Å². The largest absolute Gasteiger partial charge is 0.528 e. The predicted molar refractivity (Wildman–Crippen MR) is 104 cm³/mol. The highest BCUT2D eigenvalue weighted by atomic mass is 32.1. The Kier molecular flexibility index (Phi) is 5.58. The van der Waals surface area contributed by atoms with Crippen LogP contribution in [0.5, 0.6) is 0 Å². The third-order valence-electron chi connectivity index (χ3n) is 6.02. The standard InChI is InChI=1S/C20H31FN2O3S/c1-18(2,3)25-17(24)26-23-13-12-19(14-23)8-10-20(11-9-19,22(4)5)15-6-7-16(21)27-15/h6-7H,8-14H2,1-5H3. The molecule has 0 aromatic carbocycles. The van der Waals surface area contributed by atoms with Gasteiger partial charge in [-0.3, -0.25) is 4.90 Å². The van der Waals surface area contributed by atoms with Crippen LogP contribution in [0.1, 0.15) is 57.8 Å². The first-order chi connectivity index (χ1) is 12.5. The fourth-order valence-electron chi connectivity index (χ4n) is 4.43. The minimum absolute atomic E-state index is 0.0975. The Bertz CT molecular complexity index is 675. The van der Waals surface area contributed by atoms with E-state index in [1.54, 1.807) is 11.1 Å². The number of halogens is 1. The van der Waals surface area contributed by atoms with Crippen molar-refractivity contribution in [2.45, 2.75) is 64.0 Å². The SMILES string of the molecule is CN(C)C1(c2ccc(F)s2)CCC2(CCN(OC(=O)OC(C)(C)C)C2)CC1. The zero-order valence-corrected chi connectivity index (χ0v) is 17.8. The summed E-state index contributed by atoms with van der Waals surface area (Å²) in [5.74, 6) is 0. The normalized spacial score (nSPS) is 29.4. The molecule has 7 heteroatoms. The fourth-order valence-corrected chi connectivity index (χ4v) is 5.49.